The van der Waals surface area contributed by atoms with E-state index in [1.807, 2.05) is 6.07 Å². The molecule has 94 valence electrons. The Morgan fingerprint density at radius 2 is 2.06 bits per heavy atom. The van der Waals surface area contributed by atoms with Crippen LogP contribution < -0.4 is 5.32 Å². The molecule has 0 saturated heterocycles. The Labute approximate surface area is 116 Å². The molecule has 3 nitrogen and oxygen atoms in total. The van der Waals surface area contributed by atoms with Gasteiger partial charge < -0.3 is 10.4 Å². The van der Waals surface area contributed by atoms with Gasteiger partial charge >= 0.3 is 0 Å². The maximum Gasteiger partial charge on any atom is 0.270 e. The minimum absolute atomic E-state index is 0.168. The van der Waals surface area contributed by atoms with Gasteiger partial charge in [0, 0.05) is 0 Å². The van der Waals surface area contributed by atoms with Crippen LogP contribution in [0.3, 0.4) is 0 Å². The summed E-state index contributed by atoms with van der Waals surface area (Å²) in [5, 5.41) is 11.5. The molecule has 1 amide bonds. The SMILES string of the molecule is O=C(N[C@@H](CO)c1ccccc1)[C@](F)(Br)CBr. The third kappa shape index (κ3) is 4.04. The van der Waals surface area contributed by atoms with Crippen molar-refractivity contribution in [2.75, 3.05) is 11.9 Å². The van der Waals surface area contributed by atoms with E-state index in [4.69, 9.17) is 0 Å². The second kappa shape index (κ2) is 6.47. The summed E-state index contributed by atoms with van der Waals surface area (Å²) in [6.45, 7) is -0.291. The van der Waals surface area contributed by atoms with E-state index in [-0.39, 0.29) is 11.9 Å². The summed E-state index contributed by atoms with van der Waals surface area (Å²) < 4.78 is 11.4. The van der Waals surface area contributed by atoms with Crippen molar-refractivity contribution < 1.29 is 14.3 Å². The van der Waals surface area contributed by atoms with Gasteiger partial charge in [0.2, 0.25) is 0 Å². The van der Waals surface area contributed by atoms with Crippen LogP contribution in [-0.4, -0.2) is 27.5 Å². The van der Waals surface area contributed by atoms with E-state index in [1.165, 1.54) is 0 Å². The van der Waals surface area contributed by atoms with E-state index < -0.39 is 16.5 Å². The molecule has 1 aromatic carbocycles. The number of alkyl halides is 3. The fourth-order valence-electron chi connectivity index (χ4n) is 1.24. The summed E-state index contributed by atoms with van der Waals surface area (Å²) in [6.07, 6.45) is 0. The summed E-state index contributed by atoms with van der Waals surface area (Å²) in [5.41, 5.74) is 0.723. The van der Waals surface area contributed by atoms with Gasteiger partial charge in [0.25, 0.3) is 10.5 Å². The lowest BCUT2D eigenvalue weighted by Crippen LogP contribution is -2.42. The molecule has 2 atom stereocenters. The second-order valence-corrected chi connectivity index (χ2v) is 5.28. The monoisotopic (exact) mass is 367 g/mol. The number of benzene rings is 1. The van der Waals surface area contributed by atoms with Crippen molar-refractivity contribution in [3.8, 4) is 0 Å². The largest absolute Gasteiger partial charge is 0.394 e. The first kappa shape index (κ1) is 14.6. The van der Waals surface area contributed by atoms with Crippen LogP contribution in [-0.2, 0) is 4.79 Å². The van der Waals surface area contributed by atoms with Crippen molar-refractivity contribution in [2.45, 2.75) is 10.6 Å². The molecule has 1 rings (SSSR count). The maximum absolute atomic E-state index is 13.6. The van der Waals surface area contributed by atoms with Gasteiger partial charge in [-0.05, 0) is 21.5 Å². The normalized spacial score (nSPS) is 16.0. The molecule has 6 heteroatoms. The zero-order chi connectivity index (χ0) is 12.9. The predicted octanol–water partition coefficient (Wildman–Crippen LogP) is 2.29. The first-order valence-electron chi connectivity index (χ1n) is 4.92. The van der Waals surface area contributed by atoms with Gasteiger partial charge in [-0.2, -0.15) is 0 Å². The summed E-state index contributed by atoms with van der Waals surface area (Å²) in [4.78, 5) is 11.6. The molecule has 17 heavy (non-hydrogen) atoms. The zero-order valence-electron chi connectivity index (χ0n) is 8.87. The third-order valence-electron chi connectivity index (χ3n) is 2.19. The van der Waals surface area contributed by atoms with Crippen molar-refractivity contribution in [1.29, 1.82) is 0 Å². The van der Waals surface area contributed by atoms with Crippen LogP contribution in [0.25, 0.3) is 0 Å². The Morgan fingerprint density at radius 3 is 2.53 bits per heavy atom. The molecule has 0 radical (unpaired) electrons. The molecule has 0 unspecified atom stereocenters. The van der Waals surface area contributed by atoms with Crippen LogP contribution in [0, 0.1) is 0 Å². The number of amides is 1. The molecule has 0 fully saturated rings. The maximum atomic E-state index is 13.6. The first-order chi connectivity index (χ1) is 8.01. The molecule has 1 aromatic rings. The van der Waals surface area contributed by atoms with Crippen LogP contribution in [0.5, 0.6) is 0 Å². The molecule has 0 aliphatic carbocycles. The van der Waals surface area contributed by atoms with Crippen LogP contribution >= 0.6 is 31.9 Å². The van der Waals surface area contributed by atoms with E-state index in [0.717, 1.165) is 5.56 Å². The fraction of sp³-hybridized carbons (Fsp3) is 0.364. The number of hydrogen-bond acceptors (Lipinski definition) is 2. The molecule has 0 saturated carbocycles. The van der Waals surface area contributed by atoms with Crippen LogP contribution in [0.4, 0.5) is 4.39 Å². The highest BCUT2D eigenvalue weighted by Gasteiger charge is 2.35. The Morgan fingerprint density at radius 1 is 1.47 bits per heavy atom. The fourth-order valence-corrected chi connectivity index (χ4v) is 1.61. The van der Waals surface area contributed by atoms with Crippen molar-refractivity contribution in [3.05, 3.63) is 35.9 Å². The Bertz CT molecular complexity index is 373. The topological polar surface area (TPSA) is 49.3 Å². The van der Waals surface area contributed by atoms with Crippen LogP contribution in [0.15, 0.2) is 30.3 Å². The molecule has 0 aliphatic rings. The minimum Gasteiger partial charge on any atom is -0.394 e. The summed E-state index contributed by atoms with van der Waals surface area (Å²) in [6, 6.07) is 8.28. The van der Waals surface area contributed by atoms with Crippen molar-refractivity contribution in [2.24, 2.45) is 0 Å². The Balaban J connectivity index is 2.75. The Kier molecular flexibility index (Phi) is 5.55. The molecule has 0 bridgehead atoms. The van der Waals surface area contributed by atoms with Gasteiger partial charge in [0.1, 0.15) is 0 Å². The van der Waals surface area contributed by atoms with Gasteiger partial charge in [0.15, 0.2) is 0 Å². The molecule has 0 heterocycles. The van der Waals surface area contributed by atoms with Gasteiger partial charge in [-0.25, -0.2) is 4.39 Å². The highest BCUT2D eigenvalue weighted by molar-refractivity contribution is 9.12. The molecule has 2 N–H and O–H groups in total. The van der Waals surface area contributed by atoms with Crippen molar-refractivity contribution in [1.82, 2.24) is 5.32 Å². The van der Waals surface area contributed by atoms with Gasteiger partial charge in [-0.15, -0.1) is 0 Å². The molecular formula is C11H12Br2FNO2. The van der Waals surface area contributed by atoms with Gasteiger partial charge in [-0.1, -0.05) is 46.3 Å². The molecular weight excluding hydrogens is 357 g/mol. The smallest absolute Gasteiger partial charge is 0.270 e. The summed E-state index contributed by atoms with van der Waals surface area (Å²) in [5.74, 6) is -0.822. The standard InChI is InChI=1S/C11H12Br2FNO2/c12-7-11(13,14)10(17)15-9(6-16)8-4-2-1-3-5-8/h1-5,9,16H,6-7H2,(H,15,17)/t9-,11-/m0/s1. The summed E-state index contributed by atoms with van der Waals surface area (Å²) in [7, 11) is 0. The highest BCUT2D eigenvalue weighted by Crippen LogP contribution is 2.24. The van der Waals surface area contributed by atoms with E-state index >= 15 is 0 Å². The minimum atomic E-state index is -2.17. The van der Waals surface area contributed by atoms with Crippen molar-refractivity contribution in [3.63, 3.8) is 0 Å². The van der Waals surface area contributed by atoms with E-state index in [0.29, 0.717) is 0 Å². The predicted molar refractivity (Wildman–Crippen MR) is 71.0 cm³/mol. The Hall–Kier alpha value is -0.460. The average Bonchev–Trinajstić information content (AvgIpc) is 2.36. The lowest BCUT2D eigenvalue weighted by molar-refractivity contribution is -0.127. The summed E-state index contributed by atoms with van der Waals surface area (Å²) >= 11 is 5.56. The number of halogens is 3. The number of hydrogen-bond donors (Lipinski definition) is 2. The number of carbonyl (C=O) groups excluding carboxylic acids is 1. The van der Waals surface area contributed by atoms with Gasteiger partial charge in [0.05, 0.1) is 18.0 Å². The van der Waals surface area contributed by atoms with E-state index in [9.17, 15) is 14.3 Å². The van der Waals surface area contributed by atoms with Gasteiger partial charge in [-0.3, -0.25) is 4.79 Å². The van der Waals surface area contributed by atoms with E-state index in [2.05, 4.69) is 37.2 Å². The lowest BCUT2D eigenvalue weighted by Gasteiger charge is -2.21. The number of aliphatic hydroxyl groups is 1. The molecule has 0 aromatic heterocycles. The number of aliphatic hydroxyl groups excluding tert-OH is 1. The number of rotatable bonds is 5. The molecule has 0 spiro atoms. The number of carbonyl (C=O) groups is 1. The average molecular weight is 369 g/mol. The van der Waals surface area contributed by atoms with Crippen LogP contribution in [0.2, 0.25) is 0 Å². The zero-order valence-corrected chi connectivity index (χ0v) is 12.0. The lowest BCUT2D eigenvalue weighted by atomic mass is 10.1. The number of nitrogens with one attached hydrogen (secondary N) is 1. The van der Waals surface area contributed by atoms with Crippen LogP contribution in [0.1, 0.15) is 11.6 Å². The van der Waals surface area contributed by atoms with Crippen molar-refractivity contribution >= 4 is 37.8 Å². The quantitative estimate of drug-likeness (QED) is 0.783. The molecule has 0 aliphatic heterocycles. The van der Waals surface area contributed by atoms with E-state index in [1.54, 1.807) is 24.3 Å². The second-order valence-electron chi connectivity index (χ2n) is 3.46. The highest BCUT2D eigenvalue weighted by atomic mass is 79.9. The third-order valence-corrected chi connectivity index (χ3v) is 4.36. The first-order valence-corrected chi connectivity index (χ1v) is 6.83.